The van der Waals surface area contributed by atoms with Gasteiger partial charge in [0, 0.05) is 5.75 Å². The van der Waals surface area contributed by atoms with E-state index >= 15 is 0 Å². The first kappa shape index (κ1) is 9.48. The lowest BCUT2D eigenvalue weighted by Gasteiger charge is -1.96. The van der Waals surface area contributed by atoms with Crippen molar-refractivity contribution >= 4 is 33.3 Å². The van der Waals surface area contributed by atoms with Crippen LogP contribution in [0.4, 0.5) is 0 Å². The Morgan fingerprint density at radius 1 is 1.71 bits per heavy atom. The summed E-state index contributed by atoms with van der Waals surface area (Å²) in [6.07, 6.45) is 1.78. The van der Waals surface area contributed by atoms with Crippen molar-refractivity contribution in [3.63, 3.8) is 0 Å². The minimum absolute atomic E-state index is 0.0587. The first-order valence-electron chi connectivity index (χ1n) is 4.02. The van der Waals surface area contributed by atoms with Crippen LogP contribution in [0.1, 0.15) is 0 Å². The SMILES string of the molecule is C=CCSc1nc2ccsc2c(=O)[nH]1. The molecule has 2 aromatic heterocycles. The molecule has 2 rings (SSSR count). The van der Waals surface area contributed by atoms with E-state index in [4.69, 9.17) is 0 Å². The van der Waals surface area contributed by atoms with Gasteiger partial charge in [-0.2, -0.15) is 0 Å². The van der Waals surface area contributed by atoms with Crippen molar-refractivity contribution in [3.8, 4) is 0 Å². The van der Waals surface area contributed by atoms with Crippen LogP contribution in [0.3, 0.4) is 0 Å². The van der Waals surface area contributed by atoms with E-state index in [0.29, 0.717) is 9.86 Å². The molecule has 0 atom stereocenters. The number of aromatic nitrogens is 2. The number of rotatable bonds is 3. The van der Waals surface area contributed by atoms with Crippen LogP contribution < -0.4 is 5.56 Å². The molecule has 0 spiro atoms. The molecule has 3 nitrogen and oxygen atoms in total. The average molecular weight is 224 g/mol. The molecule has 0 aromatic carbocycles. The summed E-state index contributed by atoms with van der Waals surface area (Å²) in [5.41, 5.74) is 0.710. The fraction of sp³-hybridized carbons (Fsp3) is 0.111. The first-order chi connectivity index (χ1) is 6.81. The van der Waals surface area contributed by atoms with E-state index in [0.717, 1.165) is 11.3 Å². The van der Waals surface area contributed by atoms with Gasteiger partial charge >= 0.3 is 0 Å². The summed E-state index contributed by atoms with van der Waals surface area (Å²) in [6.45, 7) is 3.61. The van der Waals surface area contributed by atoms with Crippen LogP contribution in [-0.2, 0) is 0 Å². The number of hydrogen-bond acceptors (Lipinski definition) is 4. The van der Waals surface area contributed by atoms with E-state index in [2.05, 4.69) is 16.5 Å². The number of fused-ring (bicyclic) bond motifs is 1. The second-order valence-electron chi connectivity index (χ2n) is 2.61. The van der Waals surface area contributed by atoms with Crippen LogP contribution in [0, 0.1) is 0 Å². The summed E-state index contributed by atoms with van der Waals surface area (Å²) < 4.78 is 0.688. The third kappa shape index (κ3) is 1.73. The van der Waals surface area contributed by atoms with Gasteiger partial charge in [0.05, 0.1) is 5.52 Å². The Morgan fingerprint density at radius 3 is 3.36 bits per heavy atom. The molecule has 0 saturated heterocycles. The molecule has 0 amide bonds. The second kappa shape index (κ2) is 3.98. The number of aromatic amines is 1. The quantitative estimate of drug-likeness (QED) is 0.494. The third-order valence-electron chi connectivity index (χ3n) is 1.63. The summed E-state index contributed by atoms with van der Waals surface area (Å²) in [5.74, 6) is 0.749. The van der Waals surface area contributed by atoms with Crippen LogP contribution in [0.25, 0.3) is 10.2 Å². The van der Waals surface area contributed by atoms with Crippen molar-refractivity contribution in [2.45, 2.75) is 5.16 Å². The number of H-pyrrole nitrogens is 1. The largest absolute Gasteiger partial charge is 0.300 e. The Bertz CT molecular complexity index is 515. The molecular formula is C9H8N2OS2. The topological polar surface area (TPSA) is 45.8 Å². The molecule has 0 aliphatic heterocycles. The molecule has 0 unspecified atom stereocenters. The van der Waals surface area contributed by atoms with Crippen molar-refractivity contribution in [1.82, 2.24) is 9.97 Å². The van der Waals surface area contributed by atoms with E-state index in [1.165, 1.54) is 23.1 Å². The molecule has 0 saturated carbocycles. The highest BCUT2D eigenvalue weighted by atomic mass is 32.2. The summed E-state index contributed by atoms with van der Waals surface area (Å²) in [5, 5.41) is 2.52. The molecule has 0 aliphatic rings. The zero-order valence-corrected chi connectivity index (χ0v) is 8.95. The molecule has 72 valence electrons. The van der Waals surface area contributed by atoms with Crippen molar-refractivity contribution in [1.29, 1.82) is 0 Å². The lowest BCUT2D eigenvalue weighted by Crippen LogP contribution is -2.06. The Kier molecular flexibility index (Phi) is 2.69. The minimum Gasteiger partial charge on any atom is -0.300 e. The predicted molar refractivity (Wildman–Crippen MR) is 61.2 cm³/mol. The number of nitrogens with one attached hydrogen (secondary N) is 1. The lowest BCUT2D eigenvalue weighted by molar-refractivity contribution is 0.980. The lowest BCUT2D eigenvalue weighted by atomic mass is 10.5. The Balaban J connectivity index is 2.47. The summed E-state index contributed by atoms with van der Waals surface area (Å²) >= 11 is 2.88. The van der Waals surface area contributed by atoms with Gasteiger partial charge in [0.1, 0.15) is 4.70 Å². The molecule has 5 heteroatoms. The molecular weight excluding hydrogens is 216 g/mol. The van der Waals surface area contributed by atoms with E-state index < -0.39 is 0 Å². The molecule has 2 aromatic rings. The molecule has 14 heavy (non-hydrogen) atoms. The van der Waals surface area contributed by atoms with Crippen molar-refractivity contribution < 1.29 is 0 Å². The van der Waals surface area contributed by atoms with E-state index in [1.807, 2.05) is 11.4 Å². The highest BCUT2D eigenvalue weighted by molar-refractivity contribution is 7.99. The molecule has 1 N–H and O–H groups in total. The van der Waals surface area contributed by atoms with Gasteiger partial charge in [0.2, 0.25) is 0 Å². The Hall–Kier alpha value is -1.07. The van der Waals surface area contributed by atoms with E-state index in [-0.39, 0.29) is 5.56 Å². The highest BCUT2D eigenvalue weighted by Gasteiger charge is 2.03. The Morgan fingerprint density at radius 2 is 2.57 bits per heavy atom. The van der Waals surface area contributed by atoms with Gasteiger partial charge in [-0.3, -0.25) is 4.79 Å². The predicted octanol–water partition coefficient (Wildman–Crippen LogP) is 2.26. The van der Waals surface area contributed by atoms with Gasteiger partial charge in [-0.05, 0) is 11.4 Å². The maximum Gasteiger partial charge on any atom is 0.269 e. The number of nitrogens with zero attached hydrogens (tertiary/aromatic N) is 1. The van der Waals surface area contributed by atoms with Crippen LogP contribution in [0.2, 0.25) is 0 Å². The molecule has 0 radical (unpaired) electrons. The van der Waals surface area contributed by atoms with Crippen molar-refractivity contribution in [2.24, 2.45) is 0 Å². The molecule has 2 heterocycles. The smallest absolute Gasteiger partial charge is 0.269 e. The molecule has 0 fully saturated rings. The fourth-order valence-electron chi connectivity index (χ4n) is 1.06. The number of thioether (sulfide) groups is 1. The maximum absolute atomic E-state index is 11.5. The fourth-order valence-corrected chi connectivity index (χ4v) is 2.39. The number of hydrogen-bond donors (Lipinski definition) is 1. The van der Waals surface area contributed by atoms with Crippen molar-refractivity contribution in [3.05, 3.63) is 34.5 Å². The van der Waals surface area contributed by atoms with Gasteiger partial charge in [0.25, 0.3) is 5.56 Å². The van der Waals surface area contributed by atoms with Gasteiger partial charge < -0.3 is 4.98 Å². The normalized spacial score (nSPS) is 10.6. The minimum atomic E-state index is -0.0587. The average Bonchev–Trinajstić information content (AvgIpc) is 2.63. The van der Waals surface area contributed by atoms with Gasteiger partial charge in [-0.1, -0.05) is 17.8 Å². The summed E-state index contributed by atoms with van der Waals surface area (Å²) in [4.78, 5) is 18.5. The second-order valence-corrected chi connectivity index (χ2v) is 4.53. The summed E-state index contributed by atoms with van der Waals surface area (Å²) in [6, 6.07) is 1.85. The highest BCUT2D eigenvalue weighted by Crippen LogP contribution is 2.17. The zero-order valence-electron chi connectivity index (χ0n) is 7.32. The van der Waals surface area contributed by atoms with E-state index in [9.17, 15) is 4.79 Å². The molecule has 0 bridgehead atoms. The zero-order chi connectivity index (χ0) is 9.97. The van der Waals surface area contributed by atoms with Gasteiger partial charge in [-0.25, -0.2) is 4.98 Å². The van der Waals surface area contributed by atoms with Crippen molar-refractivity contribution in [2.75, 3.05) is 5.75 Å². The van der Waals surface area contributed by atoms with E-state index in [1.54, 1.807) is 6.08 Å². The molecule has 0 aliphatic carbocycles. The van der Waals surface area contributed by atoms with Crippen LogP contribution in [0.15, 0.2) is 34.1 Å². The monoisotopic (exact) mass is 224 g/mol. The number of thiophene rings is 1. The van der Waals surface area contributed by atoms with Crippen LogP contribution in [0.5, 0.6) is 0 Å². The van der Waals surface area contributed by atoms with Gasteiger partial charge in [0.15, 0.2) is 5.16 Å². The standard InChI is InChI=1S/C9H8N2OS2/c1-2-4-14-9-10-6-3-5-13-7(6)8(12)11-9/h2-3,5H,1,4H2,(H,10,11,12). The van der Waals surface area contributed by atoms with Crippen LogP contribution in [-0.4, -0.2) is 15.7 Å². The summed E-state index contributed by atoms with van der Waals surface area (Å²) in [7, 11) is 0. The maximum atomic E-state index is 11.5. The van der Waals surface area contributed by atoms with Crippen LogP contribution >= 0.6 is 23.1 Å². The Labute approximate surface area is 88.9 Å². The first-order valence-corrected chi connectivity index (χ1v) is 5.89. The van der Waals surface area contributed by atoms with Gasteiger partial charge in [-0.15, -0.1) is 17.9 Å². The third-order valence-corrected chi connectivity index (χ3v) is 3.40.